The van der Waals surface area contributed by atoms with E-state index in [1.165, 1.54) is 5.56 Å². The highest BCUT2D eigenvalue weighted by molar-refractivity contribution is 7.91. The third-order valence-corrected chi connectivity index (χ3v) is 7.78. The van der Waals surface area contributed by atoms with Gasteiger partial charge in [-0.1, -0.05) is 6.07 Å². The molecule has 1 aliphatic heterocycles. The molecule has 1 atom stereocenters. The maximum absolute atomic E-state index is 12.4. The van der Waals surface area contributed by atoms with Crippen molar-refractivity contribution in [2.24, 2.45) is 5.92 Å². The van der Waals surface area contributed by atoms with Gasteiger partial charge in [0.1, 0.15) is 0 Å². The lowest BCUT2D eigenvalue weighted by atomic mass is 9.92. The number of benzene rings is 1. The topological polar surface area (TPSA) is 80.3 Å². The number of hydrogen-bond donors (Lipinski definition) is 1. The van der Waals surface area contributed by atoms with E-state index < -0.39 is 19.9 Å². The van der Waals surface area contributed by atoms with Crippen molar-refractivity contribution in [1.29, 1.82) is 0 Å². The summed E-state index contributed by atoms with van der Waals surface area (Å²) in [4.78, 5) is 0.286. The first-order valence-electron chi connectivity index (χ1n) is 7.68. The zero-order valence-electron chi connectivity index (χ0n) is 12.4. The first-order valence-corrected chi connectivity index (χ1v) is 11.0. The minimum absolute atomic E-state index is 0.0830. The molecule has 1 aromatic rings. The smallest absolute Gasteiger partial charge is 0.229 e. The Hall–Kier alpha value is -0.920. The average molecular weight is 343 g/mol. The molecule has 1 heterocycles. The number of hydrogen-bond acceptors (Lipinski definition) is 4. The summed E-state index contributed by atoms with van der Waals surface area (Å²) in [6.07, 6.45) is 4.75. The molecule has 122 valence electrons. The molecule has 1 N–H and O–H groups in total. The van der Waals surface area contributed by atoms with Gasteiger partial charge in [0.2, 0.25) is 10.0 Å². The van der Waals surface area contributed by atoms with Crippen LogP contribution in [-0.2, 0) is 32.7 Å². The maximum Gasteiger partial charge on any atom is 0.240 e. The van der Waals surface area contributed by atoms with Gasteiger partial charge in [0, 0.05) is 6.54 Å². The van der Waals surface area contributed by atoms with Gasteiger partial charge in [-0.15, -0.1) is 0 Å². The van der Waals surface area contributed by atoms with Crippen LogP contribution < -0.4 is 4.72 Å². The van der Waals surface area contributed by atoms with Gasteiger partial charge in [-0.25, -0.2) is 21.6 Å². The second-order valence-electron chi connectivity index (χ2n) is 6.26. The largest absolute Gasteiger partial charge is 0.240 e. The molecular weight excluding hydrogens is 322 g/mol. The summed E-state index contributed by atoms with van der Waals surface area (Å²) in [5, 5.41) is 0. The summed E-state index contributed by atoms with van der Waals surface area (Å²) < 4.78 is 50.2. The molecular formula is C15H21NO4S2. The minimum atomic E-state index is -3.56. The molecule has 0 saturated carbocycles. The van der Waals surface area contributed by atoms with E-state index in [-0.39, 0.29) is 28.9 Å². The van der Waals surface area contributed by atoms with Crippen LogP contribution in [0.4, 0.5) is 0 Å². The van der Waals surface area contributed by atoms with E-state index >= 15 is 0 Å². The highest BCUT2D eigenvalue weighted by Crippen LogP contribution is 2.24. The van der Waals surface area contributed by atoms with Crippen LogP contribution in [0.2, 0.25) is 0 Å². The monoisotopic (exact) mass is 343 g/mol. The van der Waals surface area contributed by atoms with Gasteiger partial charge in [0.25, 0.3) is 0 Å². The van der Waals surface area contributed by atoms with Crippen LogP contribution in [0, 0.1) is 5.92 Å². The Labute approximate surface area is 132 Å². The molecule has 2 aliphatic rings. The summed E-state index contributed by atoms with van der Waals surface area (Å²) in [5.41, 5.74) is 2.37. The lowest BCUT2D eigenvalue weighted by Gasteiger charge is -2.17. The van der Waals surface area contributed by atoms with Crippen LogP contribution >= 0.6 is 0 Å². The molecule has 0 radical (unpaired) electrons. The van der Waals surface area contributed by atoms with E-state index in [9.17, 15) is 16.8 Å². The van der Waals surface area contributed by atoms with Crippen LogP contribution in [0.1, 0.15) is 30.4 Å². The van der Waals surface area contributed by atoms with Crippen molar-refractivity contribution in [2.45, 2.75) is 37.0 Å². The summed E-state index contributed by atoms with van der Waals surface area (Å²) in [6.45, 7) is 0.193. The summed E-state index contributed by atoms with van der Waals surface area (Å²) in [6, 6.07) is 5.32. The van der Waals surface area contributed by atoms with Crippen molar-refractivity contribution in [1.82, 2.24) is 4.72 Å². The number of aryl methyl sites for hydroxylation is 2. The van der Waals surface area contributed by atoms with Crippen LogP contribution in [0.25, 0.3) is 0 Å². The molecule has 0 spiro atoms. The lowest BCUT2D eigenvalue weighted by Crippen LogP contribution is -2.30. The Kier molecular flexibility index (Phi) is 4.31. The van der Waals surface area contributed by atoms with Gasteiger partial charge in [0.15, 0.2) is 9.84 Å². The van der Waals surface area contributed by atoms with Crippen molar-refractivity contribution in [3.63, 3.8) is 0 Å². The van der Waals surface area contributed by atoms with Crippen LogP contribution in [0.3, 0.4) is 0 Å². The van der Waals surface area contributed by atoms with Crippen molar-refractivity contribution < 1.29 is 16.8 Å². The maximum atomic E-state index is 12.4. The fourth-order valence-electron chi connectivity index (χ4n) is 3.22. The van der Waals surface area contributed by atoms with E-state index in [0.29, 0.717) is 6.42 Å². The summed E-state index contributed by atoms with van der Waals surface area (Å²) >= 11 is 0. The normalized spacial score (nSPS) is 24.1. The molecule has 7 heteroatoms. The van der Waals surface area contributed by atoms with E-state index in [1.807, 2.05) is 6.07 Å². The van der Waals surface area contributed by atoms with Crippen molar-refractivity contribution in [3.05, 3.63) is 29.3 Å². The predicted molar refractivity (Wildman–Crippen MR) is 85.0 cm³/mol. The molecule has 5 nitrogen and oxygen atoms in total. The predicted octanol–water partition coefficient (Wildman–Crippen LogP) is 1.28. The second kappa shape index (κ2) is 5.94. The Morgan fingerprint density at radius 3 is 2.55 bits per heavy atom. The van der Waals surface area contributed by atoms with E-state index in [4.69, 9.17) is 0 Å². The zero-order valence-corrected chi connectivity index (χ0v) is 14.0. The van der Waals surface area contributed by atoms with Crippen molar-refractivity contribution in [3.8, 4) is 0 Å². The molecule has 1 aliphatic carbocycles. The molecule has 0 aromatic heterocycles. The van der Waals surface area contributed by atoms with E-state index in [1.54, 1.807) is 12.1 Å². The Morgan fingerprint density at radius 1 is 1.14 bits per heavy atom. The first kappa shape index (κ1) is 16.0. The molecule has 0 bridgehead atoms. The number of sulfone groups is 1. The third kappa shape index (κ3) is 3.52. The standard InChI is InChI=1S/C15H21NO4S2/c17-21(18)8-7-12(11-21)10-16-22(19,20)15-6-5-13-3-1-2-4-14(13)9-15/h5-6,9,12,16H,1-4,7-8,10-11H2/t12-/m0/s1. The average Bonchev–Trinajstić information content (AvgIpc) is 2.84. The molecule has 0 unspecified atom stereocenters. The molecule has 3 rings (SSSR count). The SMILES string of the molecule is O=S1(=O)CC[C@@H](CNS(=O)(=O)c2ccc3c(c2)CCCC3)C1. The number of fused-ring (bicyclic) bond motifs is 1. The van der Waals surface area contributed by atoms with Crippen molar-refractivity contribution in [2.75, 3.05) is 18.1 Å². The number of rotatable bonds is 4. The number of nitrogens with one attached hydrogen (secondary N) is 1. The van der Waals surface area contributed by atoms with Gasteiger partial charge in [-0.2, -0.15) is 0 Å². The fourth-order valence-corrected chi connectivity index (χ4v) is 6.25. The van der Waals surface area contributed by atoms with Gasteiger partial charge < -0.3 is 0 Å². The summed E-state index contributed by atoms with van der Waals surface area (Å²) in [7, 11) is -6.54. The van der Waals surface area contributed by atoms with Gasteiger partial charge in [-0.3, -0.25) is 0 Å². The van der Waals surface area contributed by atoms with E-state index in [0.717, 1.165) is 31.2 Å². The zero-order chi connectivity index (χ0) is 15.8. The first-order chi connectivity index (χ1) is 10.4. The number of sulfonamides is 1. The highest BCUT2D eigenvalue weighted by Gasteiger charge is 2.29. The Bertz CT molecular complexity index is 769. The summed E-state index contributed by atoms with van der Waals surface area (Å²) in [5.74, 6) is 0.134. The van der Waals surface area contributed by atoms with Gasteiger partial charge in [-0.05, 0) is 61.3 Å². The molecule has 1 aromatic carbocycles. The third-order valence-electron chi connectivity index (χ3n) is 4.52. The fraction of sp³-hybridized carbons (Fsp3) is 0.600. The highest BCUT2D eigenvalue weighted by atomic mass is 32.2. The lowest BCUT2D eigenvalue weighted by molar-refractivity contribution is 0.543. The Balaban J connectivity index is 1.70. The second-order valence-corrected chi connectivity index (χ2v) is 10.3. The van der Waals surface area contributed by atoms with Crippen LogP contribution in [-0.4, -0.2) is 34.9 Å². The van der Waals surface area contributed by atoms with Gasteiger partial charge >= 0.3 is 0 Å². The van der Waals surface area contributed by atoms with E-state index in [2.05, 4.69) is 4.72 Å². The molecule has 1 saturated heterocycles. The van der Waals surface area contributed by atoms with Crippen molar-refractivity contribution >= 4 is 19.9 Å². The molecule has 1 fully saturated rings. The van der Waals surface area contributed by atoms with Crippen LogP contribution in [0.15, 0.2) is 23.1 Å². The quantitative estimate of drug-likeness (QED) is 0.893. The minimum Gasteiger partial charge on any atom is -0.229 e. The van der Waals surface area contributed by atoms with Crippen LogP contribution in [0.5, 0.6) is 0 Å². The molecule has 0 amide bonds. The molecule has 22 heavy (non-hydrogen) atoms. The Morgan fingerprint density at radius 2 is 1.86 bits per heavy atom. The van der Waals surface area contributed by atoms with Gasteiger partial charge in [0.05, 0.1) is 16.4 Å².